The Hall–Kier alpha value is -2.11. The Kier molecular flexibility index (Phi) is 6.34. The van der Waals surface area contributed by atoms with Gasteiger partial charge in [-0.15, -0.1) is 12.4 Å². The number of halogens is 1. The molecule has 0 radical (unpaired) electrons. The molecule has 0 bridgehead atoms. The Labute approximate surface area is 166 Å². The third-order valence-corrected chi connectivity index (χ3v) is 5.55. The summed E-state index contributed by atoms with van der Waals surface area (Å²) in [6.45, 7) is 2.31. The summed E-state index contributed by atoms with van der Waals surface area (Å²) in [5, 5.41) is 2.59. The second-order valence-electron chi connectivity index (χ2n) is 7.12. The number of hydrogen-bond acceptors (Lipinski definition) is 4. The van der Waals surface area contributed by atoms with Crippen LogP contribution >= 0.6 is 12.4 Å². The van der Waals surface area contributed by atoms with Gasteiger partial charge in [-0.25, -0.2) is 4.98 Å². The van der Waals surface area contributed by atoms with Crippen LogP contribution < -0.4 is 10.1 Å². The van der Waals surface area contributed by atoms with Crippen molar-refractivity contribution in [1.82, 2.24) is 15.2 Å². The van der Waals surface area contributed by atoms with Gasteiger partial charge in [0.05, 0.1) is 5.56 Å². The summed E-state index contributed by atoms with van der Waals surface area (Å²) in [6.07, 6.45) is 7.84. The number of rotatable bonds is 4. The summed E-state index contributed by atoms with van der Waals surface area (Å²) in [5.74, 6) is 1.16. The molecule has 1 aliphatic heterocycles. The van der Waals surface area contributed by atoms with Crippen molar-refractivity contribution in [3.05, 3.63) is 53.2 Å². The smallest absolute Gasteiger partial charge is 0.252 e. The summed E-state index contributed by atoms with van der Waals surface area (Å²) in [5.41, 5.74) is 3.34. The van der Waals surface area contributed by atoms with Crippen LogP contribution in [0.2, 0.25) is 0 Å². The zero-order valence-corrected chi connectivity index (χ0v) is 16.4. The topological polar surface area (TPSA) is 54.5 Å². The average Bonchev–Trinajstić information content (AvgIpc) is 2.83. The Bertz CT molecular complexity index is 791. The minimum Gasteiger partial charge on any atom is -0.439 e. The highest BCUT2D eigenvalue weighted by Crippen LogP contribution is 2.29. The van der Waals surface area contributed by atoms with E-state index in [9.17, 15) is 4.79 Å². The van der Waals surface area contributed by atoms with E-state index in [1.165, 1.54) is 43.1 Å². The molecule has 5 nitrogen and oxygen atoms in total. The van der Waals surface area contributed by atoms with Gasteiger partial charge in [-0.2, -0.15) is 0 Å². The Morgan fingerprint density at radius 2 is 1.93 bits per heavy atom. The lowest BCUT2D eigenvalue weighted by Crippen LogP contribution is -2.41. The van der Waals surface area contributed by atoms with E-state index in [1.54, 1.807) is 19.2 Å². The Morgan fingerprint density at radius 1 is 1.15 bits per heavy atom. The summed E-state index contributed by atoms with van der Waals surface area (Å²) < 4.78 is 5.90. The first kappa shape index (κ1) is 19.6. The zero-order chi connectivity index (χ0) is 17.9. The molecule has 6 heteroatoms. The van der Waals surface area contributed by atoms with Crippen LogP contribution in [0.25, 0.3) is 0 Å². The molecule has 144 valence electrons. The molecular formula is C21H26ClN3O2. The quantitative estimate of drug-likeness (QED) is 0.870. The summed E-state index contributed by atoms with van der Waals surface area (Å²) in [4.78, 5) is 18.5. The van der Waals surface area contributed by atoms with Crippen LogP contribution in [0.3, 0.4) is 0 Å². The van der Waals surface area contributed by atoms with Crippen molar-refractivity contribution in [3.8, 4) is 11.6 Å². The lowest BCUT2D eigenvalue weighted by molar-refractivity contribution is 0.0962. The molecule has 4 rings (SSSR count). The molecule has 0 atom stereocenters. The zero-order valence-electron chi connectivity index (χ0n) is 15.6. The average molecular weight is 388 g/mol. The number of carbonyl (C=O) groups excluding carboxylic acids is 1. The van der Waals surface area contributed by atoms with Gasteiger partial charge in [0.2, 0.25) is 5.88 Å². The number of ether oxygens (including phenoxy) is 1. The lowest BCUT2D eigenvalue weighted by Gasteiger charge is -2.36. The lowest BCUT2D eigenvalue weighted by atomic mass is 9.91. The molecule has 2 heterocycles. The van der Waals surface area contributed by atoms with Crippen LogP contribution in [0.5, 0.6) is 11.6 Å². The fraction of sp³-hybridized carbons (Fsp3) is 0.429. The first-order valence-electron chi connectivity index (χ1n) is 9.45. The fourth-order valence-electron chi connectivity index (χ4n) is 3.74. The van der Waals surface area contributed by atoms with Crippen molar-refractivity contribution in [2.45, 2.75) is 38.1 Å². The summed E-state index contributed by atoms with van der Waals surface area (Å²) in [6, 6.07) is 10.6. The number of carbonyl (C=O) groups is 1. The summed E-state index contributed by atoms with van der Waals surface area (Å²) >= 11 is 0. The van der Waals surface area contributed by atoms with Crippen LogP contribution in [-0.2, 0) is 12.8 Å². The van der Waals surface area contributed by atoms with Crippen molar-refractivity contribution < 1.29 is 9.53 Å². The molecule has 1 saturated carbocycles. The molecule has 2 aliphatic rings. The highest BCUT2D eigenvalue weighted by atomic mass is 35.5. The van der Waals surface area contributed by atoms with Crippen molar-refractivity contribution in [1.29, 1.82) is 0 Å². The van der Waals surface area contributed by atoms with E-state index in [0.29, 0.717) is 11.4 Å². The number of nitrogens with one attached hydrogen (secondary N) is 1. The van der Waals surface area contributed by atoms with E-state index in [2.05, 4.69) is 27.3 Å². The van der Waals surface area contributed by atoms with Crippen LogP contribution in [0.4, 0.5) is 0 Å². The maximum Gasteiger partial charge on any atom is 0.252 e. The van der Waals surface area contributed by atoms with Gasteiger partial charge in [0.15, 0.2) is 0 Å². The number of pyridine rings is 1. The highest BCUT2D eigenvalue weighted by molar-refractivity contribution is 5.93. The Morgan fingerprint density at radius 3 is 2.56 bits per heavy atom. The number of aromatic nitrogens is 1. The van der Waals surface area contributed by atoms with Gasteiger partial charge in [-0.05, 0) is 55.0 Å². The van der Waals surface area contributed by atoms with Gasteiger partial charge in [0.25, 0.3) is 5.91 Å². The number of nitrogens with zero attached hydrogens (tertiary/aromatic N) is 2. The van der Waals surface area contributed by atoms with E-state index in [0.717, 1.165) is 31.2 Å². The largest absolute Gasteiger partial charge is 0.439 e. The molecular weight excluding hydrogens is 362 g/mol. The van der Waals surface area contributed by atoms with Gasteiger partial charge in [-0.3, -0.25) is 9.69 Å². The molecule has 0 unspecified atom stereocenters. The first-order chi connectivity index (χ1) is 12.7. The molecule has 1 aromatic heterocycles. The Balaban J connectivity index is 0.00000210. The van der Waals surface area contributed by atoms with Crippen LogP contribution in [0.1, 0.15) is 40.7 Å². The number of benzene rings is 1. The standard InChI is InChI=1S/C21H25N3O2.ClH/c1-22-21(25)17-6-8-20(23-14-17)26-19-7-5-15-9-11-24(18-3-2-4-18)12-10-16(15)13-19;/h5-8,13-14,18H,2-4,9-12H2,1H3,(H,22,25);1H. The van der Waals surface area contributed by atoms with Crippen molar-refractivity contribution >= 4 is 18.3 Å². The predicted molar refractivity (Wildman–Crippen MR) is 108 cm³/mol. The molecule has 1 fully saturated rings. The van der Waals surface area contributed by atoms with Crippen molar-refractivity contribution in [3.63, 3.8) is 0 Å². The molecule has 1 aromatic carbocycles. The minimum atomic E-state index is -0.148. The van der Waals surface area contributed by atoms with Crippen LogP contribution in [0, 0.1) is 0 Å². The molecule has 0 saturated heterocycles. The first-order valence-corrected chi connectivity index (χ1v) is 9.45. The van der Waals surface area contributed by atoms with Gasteiger partial charge in [-0.1, -0.05) is 12.5 Å². The van der Waals surface area contributed by atoms with Gasteiger partial charge in [0, 0.05) is 38.4 Å². The van der Waals surface area contributed by atoms with E-state index in [1.807, 2.05) is 6.07 Å². The maximum atomic E-state index is 11.6. The molecule has 1 N–H and O–H groups in total. The van der Waals surface area contributed by atoms with E-state index < -0.39 is 0 Å². The molecule has 27 heavy (non-hydrogen) atoms. The molecule has 1 amide bonds. The number of hydrogen-bond donors (Lipinski definition) is 1. The van der Waals surface area contributed by atoms with E-state index in [-0.39, 0.29) is 18.3 Å². The molecule has 0 spiro atoms. The fourth-order valence-corrected chi connectivity index (χ4v) is 3.74. The second-order valence-corrected chi connectivity index (χ2v) is 7.12. The number of fused-ring (bicyclic) bond motifs is 1. The predicted octanol–water partition coefficient (Wildman–Crippen LogP) is 3.61. The van der Waals surface area contributed by atoms with E-state index >= 15 is 0 Å². The minimum absolute atomic E-state index is 0. The molecule has 1 aliphatic carbocycles. The van der Waals surface area contributed by atoms with Gasteiger partial charge >= 0.3 is 0 Å². The maximum absolute atomic E-state index is 11.6. The third-order valence-electron chi connectivity index (χ3n) is 5.55. The monoisotopic (exact) mass is 387 g/mol. The highest BCUT2D eigenvalue weighted by Gasteiger charge is 2.26. The van der Waals surface area contributed by atoms with E-state index in [4.69, 9.17) is 4.74 Å². The van der Waals surface area contributed by atoms with Crippen molar-refractivity contribution in [2.24, 2.45) is 0 Å². The number of amides is 1. The van der Waals surface area contributed by atoms with Crippen LogP contribution in [-0.4, -0.2) is 42.0 Å². The van der Waals surface area contributed by atoms with Gasteiger partial charge in [0.1, 0.15) is 5.75 Å². The summed E-state index contributed by atoms with van der Waals surface area (Å²) in [7, 11) is 1.61. The second kappa shape index (κ2) is 8.72. The van der Waals surface area contributed by atoms with Gasteiger partial charge < -0.3 is 10.1 Å². The SMILES string of the molecule is CNC(=O)c1ccc(Oc2ccc3c(c2)CCN(C2CCC2)CC3)nc1.Cl. The third kappa shape index (κ3) is 4.42. The van der Waals surface area contributed by atoms with Crippen molar-refractivity contribution in [2.75, 3.05) is 20.1 Å². The molecule has 2 aromatic rings. The van der Waals surface area contributed by atoms with Crippen LogP contribution in [0.15, 0.2) is 36.5 Å². The normalized spacial score (nSPS) is 17.1.